The Balaban J connectivity index is 4.28. The van der Waals surface area contributed by atoms with Crippen LogP contribution in [0.15, 0.2) is 36.5 Å². The van der Waals surface area contributed by atoms with Gasteiger partial charge < -0.3 is 23.8 Å². The van der Waals surface area contributed by atoms with Gasteiger partial charge >= 0.3 is 17.9 Å². The van der Waals surface area contributed by atoms with E-state index in [2.05, 4.69) is 50.3 Å². The second-order valence-electron chi connectivity index (χ2n) is 16.3. The molecule has 0 aliphatic rings. The molecule has 0 fully saturated rings. The maximum atomic E-state index is 12.7. The number of carboxylic acid groups (broad SMARTS) is 1. The van der Waals surface area contributed by atoms with Crippen LogP contribution < -0.4 is 0 Å². The van der Waals surface area contributed by atoms with Gasteiger partial charge in [-0.2, -0.15) is 0 Å². The molecular weight excluding hydrogens is 691 g/mol. The molecule has 0 aliphatic heterocycles. The summed E-state index contributed by atoms with van der Waals surface area (Å²) in [6.07, 6.45) is 43.5. The lowest BCUT2D eigenvalue weighted by Gasteiger charge is -2.31. The van der Waals surface area contributed by atoms with E-state index in [4.69, 9.17) is 14.2 Å². The van der Waals surface area contributed by atoms with Gasteiger partial charge in [-0.3, -0.25) is 9.59 Å². The summed E-state index contributed by atoms with van der Waals surface area (Å²) < 4.78 is 17.2. The molecule has 0 spiro atoms. The van der Waals surface area contributed by atoms with Crippen LogP contribution in [-0.4, -0.2) is 80.6 Å². The van der Waals surface area contributed by atoms with E-state index in [1.165, 1.54) is 109 Å². The van der Waals surface area contributed by atoms with Crippen LogP contribution in [0.1, 0.15) is 194 Å². The van der Waals surface area contributed by atoms with E-state index in [9.17, 15) is 19.5 Å². The molecule has 2 unspecified atom stereocenters. The van der Waals surface area contributed by atoms with Gasteiger partial charge in [-0.25, -0.2) is 4.79 Å². The highest BCUT2D eigenvalue weighted by molar-refractivity contribution is 5.72. The van der Waals surface area contributed by atoms with Gasteiger partial charge in [0.25, 0.3) is 0 Å². The van der Waals surface area contributed by atoms with Crippen molar-refractivity contribution in [2.45, 2.75) is 206 Å². The number of hydrogen-bond donors (Lipinski definition) is 1. The van der Waals surface area contributed by atoms with Crippen molar-refractivity contribution in [3.8, 4) is 0 Å². The highest BCUT2D eigenvalue weighted by atomic mass is 16.6. The van der Waals surface area contributed by atoms with Crippen LogP contribution in [0, 0.1) is 0 Å². The maximum Gasteiger partial charge on any atom is 0.362 e. The normalized spacial score (nSPS) is 13.3. The van der Waals surface area contributed by atoms with E-state index >= 15 is 0 Å². The summed E-state index contributed by atoms with van der Waals surface area (Å²) in [5.41, 5.74) is 0. The highest BCUT2D eigenvalue weighted by Crippen LogP contribution is 2.16. The molecule has 0 radical (unpaired) electrons. The number of likely N-dealkylation sites (N-methyl/N-ethyl adjacent to an activating group) is 1. The molecule has 0 bridgehead atoms. The lowest BCUT2D eigenvalue weighted by molar-refractivity contribution is -0.887. The Morgan fingerprint density at radius 3 is 1.49 bits per heavy atom. The van der Waals surface area contributed by atoms with Gasteiger partial charge in [-0.1, -0.05) is 172 Å². The molecule has 0 aliphatic carbocycles. The van der Waals surface area contributed by atoms with Crippen molar-refractivity contribution in [1.29, 1.82) is 0 Å². The fourth-order valence-corrected chi connectivity index (χ4v) is 6.59. The number of carboxylic acids is 1. The van der Waals surface area contributed by atoms with Crippen molar-refractivity contribution in [3.05, 3.63) is 36.5 Å². The standard InChI is InChI=1S/C47H85NO7/c1-6-8-10-12-14-16-18-19-20-21-22-23-24-25-26-28-30-32-34-36-38-46(50)55-43(41-53-40-39-44(47(51)52)48(3,4)5)42-54-45(49)37-35-33-31-29-27-17-15-13-11-9-7-2/h9,11,15,17,29,31,43-44H,6-8,10,12-14,16,18-28,30,32-42H2,1-5H3/p+1/b11-9+,17-15+,31-29+. The summed E-state index contributed by atoms with van der Waals surface area (Å²) in [4.78, 5) is 36.9. The monoisotopic (exact) mass is 777 g/mol. The second-order valence-corrected chi connectivity index (χ2v) is 16.3. The molecule has 0 aromatic rings. The van der Waals surface area contributed by atoms with Crippen molar-refractivity contribution in [2.75, 3.05) is 41.0 Å². The smallest absolute Gasteiger partial charge is 0.362 e. The van der Waals surface area contributed by atoms with E-state index in [1.807, 2.05) is 21.1 Å². The Morgan fingerprint density at radius 1 is 0.564 bits per heavy atom. The van der Waals surface area contributed by atoms with Crippen LogP contribution in [0.2, 0.25) is 0 Å². The first-order valence-electron chi connectivity index (χ1n) is 22.5. The average Bonchev–Trinajstić information content (AvgIpc) is 3.14. The molecular formula is C47H86NO7+. The fraction of sp³-hybridized carbons (Fsp3) is 0.809. The predicted octanol–water partition coefficient (Wildman–Crippen LogP) is 12.2. The van der Waals surface area contributed by atoms with Gasteiger partial charge in [-0.05, 0) is 38.5 Å². The molecule has 0 aromatic carbocycles. The van der Waals surface area contributed by atoms with Crippen molar-refractivity contribution in [3.63, 3.8) is 0 Å². The zero-order valence-electron chi connectivity index (χ0n) is 36.4. The number of carbonyl (C=O) groups excluding carboxylic acids is 2. The van der Waals surface area contributed by atoms with Gasteiger partial charge in [-0.15, -0.1) is 0 Å². The SMILES string of the molecule is CC/C=C/C/C=C/C/C=C/CCCC(=O)OCC(COCCC(C(=O)O)[N+](C)(C)C)OC(=O)CCCCCCCCCCCCCCCCCCCCCC. The van der Waals surface area contributed by atoms with Gasteiger partial charge in [0.1, 0.15) is 6.61 Å². The van der Waals surface area contributed by atoms with E-state index in [-0.39, 0.29) is 42.7 Å². The molecule has 0 saturated carbocycles. The molecule has 8 nitrogen and oxygen atoms in total. The zero-order valence-corrected chi connectivity index (χ0v) is 36.4. The molecule has 8 heteroatoms. The van der Waals surface area contributed by atoms with Crippen molar-refractivity contribution < 1.29 is 38.2 Å². The predicted molar refractivity (Wildman–Crippen MR) is 229 cm³/mol. The minimum Gasteiger partial charge on any atom is -0.477 e. The zero-order chi connectivity index (χ0) is 40.7. The number of aliphatic carboxylic acids is 1. The third-order valence-electron chi connectivity index (χ3n) is 10.1. The minimum absolute atomic E-state index is 0.0479. The maximum absolute atomic E-state index is 12.7. The van der Waals surface area contributed by atoms with Crippen LogP contribution in [-0.2, 0) is 28.6 Å². The Morgan fingerprint density at radius 2 is 1.02 bits per heavy atom. The van der Waals surface area contributed by atoms with Crippen LogP contribution in [0.3, 0.4) is 0 Å². The first kappa shape index (κ1) is 52.6. The number of nitrogens with zero attached hydrogens (tertiary/aromatic N) is 1. The number of rotatable bonds is 40. The van der Waals surface area contributed by atoms with E-state index in [1.54, 1.807) is 0 Å². The minimum atomic E-state index is -0.881. The fourth-order valence-electron chi connectivity index (χ4n) is 6.59. The van der Waals surface area contributed by atoms with Crippen LogP contribution in [0.25, 0.3) is 0 Å². The van der Waals surface area contributed by atoms with E-state index in [0.29, 0.717) is 19.3 Å². The number of carbonyl (C=O) groups is 3. The molecule has 0 rings (SSSR count). The van der Waals surface area contributed by atoms with Gasteiger partial charge in [0, 0.05) is 19.3 Å². The molecule has 320 valence electrons. The largest absolute Gasteiger partial charge is 0.477 e. The Kier molecular flexibility index (Phi) is 36.7. The average molecular weight is 777 g/mol. The summed E-state index contributed by atoms with van der Waals surface area (Å²) >= 11 is 0. The molecule has 0 aromatic heterocycles. The summed E-state index contributed by atoms with van der Waals surface area (Å²) in [7, 11) is 5.51. The first-order chi connectivity index (χ1) is 26.6. The quantitative estimate of drug-likeness (QED) is 0.0286. The third kappa shape index (κ3) is 36.9. The van der Waals surface area contributed by atoms with Gasteiger partial charge in [0.15, 0.2) is 12.1 Å². The molecule has 0 heterocycles. The van der Waals surface area contributed by atoms with Crippen LogP contribution in [0.5, 0.6) is 0 Å². The summed E-state index contributed by atoms with van der Waals surface area (Å²) in [5, 5.41) is 9.61. The Labute approximate surface area is 338 Å². The van der Waals surface area contributed by atoms with Crippen molar-refractivity contribution >= 4 is 17.9 Å². The van der Waals surface area contributed by atoms with Crippen molar-refractivity contribution in [1.82, 2.24) is 0 Å². The number of esters is 2. The molecule has 0 saturated heterocycles. The highest BCUT2D eigenvalue weighted by Gasteiger charge is 2.31. The summed E-state index contributed by atoms with van der Waals surface area (Å²) in [6, 6.07) is -0.619. The summed E-state index contributed by atoms with van der Waals surface area (Å²) in [6.45, 7) is 4.58. The Hall–Kier alpha value is -2.45. The molecule has 0 amide bonds. The number of quaternary nitrogens is 1. The summed E-state index contributed by atoms with van der Waals surface area (Å²) in [5.74, 6) is -1.53. The van der Waals surface area contributed by atoms with Gasteiger partial charge in [0.2, 0.25) is 0 Å². The number of allylic oxidation sites excluding steroid dienone is 6. The van der Waals surface area contributed by atoms with Crippen LogP contribution in [0.4, 0.5) is 0 Å². The van der Waals surface area contributed by atoms with Gasteiger partial charge in [0.05, 0.1) is 34.4 Å². The third-order valence-corrected chi connectivity index (χ3v) is 10.1. The number of unbranched alkanes of at least 4 members (excludes halogenated alkanes) is 20. The van der Waals surface area contributed by atoms with Crippen LogP contribution >= 0.6 is 0 Å². The second kappa shape index (κ2) is 38.4. The van der Waals surface area contributed by atoms with E-state index < -0.39 is 18.1 Å². The van der Waals surface area contributed by atoms with Crippen molar-refractivity contribution in [2.24, 2.45) is 0 Å². The number of hydrogen-bond acceptors (Lipinski definition) is 6. The lowest BCUT2D eigenvalue weighted by atomic mass is 10.0. The Bertz CT molecular complexity index is 1000. The lowest BCUT2D eigenvalue weighted by Crippen LogP contribution is -2.50. The molecule has 1 N–H and O–H groups in total. The molecule has 2 atom stereocenters. The number of ether oxygens (including phenoxy) is 3. The molecule has 55 heavy (non-hydrogen) atoms. The topological polar surface area (TPSA) is 99.1 Å². The van der Waals surface area contributed by atoms with E-state index in [0.717, 1.165) is 44.9 Å². The first-order valence-corrected chi connectivity index (χ1v) is 22.5.